The largest absolute Gasteiger partial charge is 0.355 e. The molecule has 0 spiro atoms. The Hall–Kier alpha value is -1.26. The predicted octanol–water partition coefficient (Wildman–Crippen LogP) is 4.04. The average molecular weight is 359 g/mol. The first-order valence-electron chi connectivity index (χ1n) is 7.96. The molecule has 0 aliphatic heterocycles. The summed E-state index contributed by atoms with van der Waals surface area (Å²) in [5.74, 6) is -0.218. The molecule has 0 heterocycles. The third-order valence-corrected chi connectivity index (χ3v) is 4.30. The molecular weight excluding hydrogens is 335 g/mol. The van der Waals surface area contributed by atoms with E-state index in [4.69, 9.17) is 23.2 Å². The van der Waals surface area contributed by atoms with Crippen LogP contribution in [0.25, 0.3) is 0 Å². The zero-order valence-electron chi connectivity index (χ0n) is 13.9. The average Bonchev–Trinajstić information content (AvgIpc) is 2.50. The van der Waals surface area contributed by atoms with E-state index in [0.29, 0.717) is 35.0 Å². The first-order valence-corrected chi connectivity index (χ1v) is 8.71. The van der Waals surface area contributed by atoms with E-state index in [2.05, 4.69) is 5.32 Å². The first-order chi connectivity index (χ1) is 11.0. The predicted molar refractivity (Wildman–Crippen MR) is 94.7 cm³/mol. The lowest BCUT2D eigenvalue weighted by Gasteiger charge is -2.31. The van der Waals surface area contributed by atoms with Gasteiger partial charge in [0.05, 0.1) is 0 Å². The maximum atomic E-state index is 12.5. The van der Waals surface area contributed by atoms with Crippen LogP contribution in [0, 0.1) is 0 Å². The van der Waals surface area contributed by atoms with Crippen LogP contribution in [0.1, 0.15) is 45.6 Å². The molecular formula is C17H24Cl2N2O2. The highest BCUT2D eigenvalue weighted by Crippen LogP contribution is 2.27. The van der Waals surface area contributed by atoms with Gasteiger partial charge in [0, 0.05) is 35.1 Å². The third-order valence-electron chi connectivity index (χ3n) is 3.59. The third kappa shape index (κ3) is 5.40. The summed E-state index contributed by atoms with van der Waals surface area (Å²) < 4.78 is 0. The van der Waals surface area contributed by atoms with Crippen LogP contribution in [-0.4, -0.2) is 29.3 Å². The molecule has 4 nitrogen and oxygen atoms in total. The zero-order valence-corrected chi connectivity index (χ0v) is 15.4. The Morgan fingerprint density at radius 3 is 2.26 bits per heavy atom. The fraction of sp³-hybridized carbons (Fsp3) is 0.529. The van der Waals surface area contributed by atoms with E-state index in [1.807, 2.05) is 20.8 Å². The van der Waals surface area contributed by atoms with Crippen LogP contribution in [0.4, 0.5) is 0 Å². The minimum atomic E-state index is -0.527. The molecule has 1 rings (SSSR count). The van der Waals surface area contributed by atoms with Crippen molar-refractivity contribution in [2.24, 2.45) is 0 Å². The number of amides is 2. The Labute approximate surface area is 148 Å². The first kappa shape index (κ1) is 19.8. The van der Waals surface area contributed by atoms with Gasteiger partial charge in [0.15, 0.2) is 0 Å². The second-order valence-electron chi connectivity index (χ2n) is 5.29. The van der Waals surface area contributed by atoms with Crippen molar-refractivity contribution in [3.05, 3.63) is 33.8 Å². The van der Waals surface area contributed by atoms with E-state index in [1.165, 1.54) is 0 Å². The number of hydrogen-bond donors (Lipinski definition) is 1. The molecule has 0 aliphatic rings. The van der Waals surface area contributed by atoms with Crippen LogP contribution in [-0.2, 0) is 16.1 Å². The van der Waals surface area contributed by atoms with Gasteiger partial charge < -0.3 is 10.2 Å². The molecule has 0 saturated carbocycles. The lowest BCUT2D eigenvalue weighted by molar-refractivity contribution is -0.141. The number of nitrogens with zero attached hydrogens (tertiary/aromatic N) is 1. The number of likely N-dealkylation sites (N-methyl/N-ethyl adjacent to an activating group) is 1. The Balaban J connectivity index is 3.14. The van der Waals surface area contributed by atoms with Crippen molar-refractivity contribution in [1.82, 2.24) is 10.2 Å². The molecule has 0 unspecified atom stereocenters. The van der Waals surface area contributed by atoms with E-state index >= 15 is 0 Å². The van der Waals surface area contributed by atoms with Gasteiger partial charge in [-0.15, -0.1) is 0 Å². The van der Waals surface area contributed by atoms with Crippen molar-refractivity contribution in [2.45, 2.75) is 52.6 Å². The van der Waals surface area contributed by atoms with Crippen molar-refractivity contribution in [2.75, 3.05) is 6.54 Å². The summed E-state index contributed by atoms with van der Waals surface area (Å²) in [6.07, 6.45) is 1.64. The highest BCUT2D eigenvalue weighted by molar-refractivity contribution is 6.36. The van der Waals surface area contributed by atoms with Crippen LogP contribution in [0.3, 0.4) is 0 Å². The van der Waals surface area contributed by atoms with Crippen LogP contribution in [0.5, 0.6) is 0 Å². The normalized spacial score (nSPS) is 11.9. The highest BCUT2D eigenvalue weighted by atomic mass is 35.5. The number of rotatable bonds is 8. The maximum absolute atomic E-state index is 12.5. The molecule has 0 bridgehead atoms. The minimum Gasteiger partial charge on any atom is -0.355 e. The van der Waals surface area contributed by atoms with Gasteiger partial charge in [-0.3, -0.25) is 9.59 Å². The van der Waals surface area contributed by atoms with Crippen LogP contribution >= 0.6 is 23.2 Å². The highest BCUT2D eigenvalue weighted by Gasteiger charge is 2.28. The van der Waals surface area contributed by atoms with Gasteiger partial charge in [0.2, 0.25) is 11.8 Å². The molecule has 1 N–H and O–H groups in total. The molecule has 23 heavy (non-hydrogen) atoms. The standard InChI is InChI=1S/C17H24Cl2N2O2/c1-4-8-16(22)21(15(5-2)17(23)20-6-3)11-12-13(18)9-7-10-14(12)19/h7,9-10,15H,4-6,8,11H2,1-3H3,(H,20,23)/t15-/m1/s1. The quantitative estimate of drug-likeness (QED) is 0.762. The van der Waals surface area contributed by atoms with Crippen molar-refractivity contribution in [1.29, 1.82) is 0 Å². The molecule has 128 valence electrons. The Bertz CT molecular complexity index is 529. The number of carbonyl (C=O) groups is 2. The van der Waals surface area contributed by atoms with E-state index in [0.717, 1.165) is 6.42 Å². The second-order valence-corrected chi connectivity index (χ2v) is 6.10. The number of benzene rings is 1. The topological polar surface area (TPSA) is 49.4 Å². The van der Waals surface area contributed by atoms with Gasteiger partial charge in [0.25, 0.3) is 0 Å². The summed E-state index contributed by atoms with van der Waals surface area (Å²) >= 11 is 12.4. The van der Waals surface area contributed by atoms with Crippen LogP contribution in [0.2, 0.25) is 10.0 Å². The van der Waals surface area contributed by atoms with Gasteiger partial charge in [-0.25, -0.2) is 0 Å². The fourth-order valence-electron chi connectivity index (χ4n) is 2.42. The molecule has 0 saturated heterocycles. The SMILES string of the molecule is CCCC(=O)N(Cc1c(Cl)cccc1Cl)[C@H](CC)C(=O)NCC. The summed E-state index contributed by atoms with van der Waals surface area (Å²) in [6, 6.07) is 4.70. The monoisotopic (exact) mass is 358 g/mol. The molecule has 0 fully saturated rings. The van der Waals surface area contributed by atoms with Gasteiger partial charge in [-0.05, 0) is 31.9 Å². The number of halogens is 2. The number of nitrogens with one attached hydrogen (secondary N) is 1. The van der Waals surface area contributed by atoms with Crippen LogP contribution < -0.4 is 5.32 Å². The number of carbonyl (C=O) groups excluding carboxylic acids is 2. The minimum absolute atomic E-state index is 0.0680. The van der Waals surface area contributed by atoms with Crippen molar-refractivity contribution in [3.63, 3.8) is 0 Å². The summed E-state index contributed by atoms with van der Waals surface area (Å²) in [5, 5.41) is 3.79. The summed E-state index contributed by atoms with van der Waals surface area (Å²) in [5.41, 5.74) is 0.669. The summed E-state index contributed by atoms with van der Waals surface area (Å²) in [4.78, 5) is 26.4. The molecule has 0 radical (unpaired) electrons. The lowest BCUT2D eigenvalue weighted by atomic mass is 10.1. The molecule has 1 atom stereocenters. The van der Waals surface area contributed by atoms with Gasteiger partial charge in [-0.2, -0.15) is 0 Å². The second kappa shape index (κ2) is 9.78. The molecule has 1 aromatic carbocycles. The van der Waals surface area contributed by atoms with E-state index in [9.17, 15) is 9.59 Å². The molecule has 6 heteroatoms. The van der Waals surface area contributed by atoms with Gasteiger partial charge >= 0.3 is 0 Å². The van der Waals surface area contributed by atoms with Crippen molar-refractivity contribution < 1.29 is 9.59 Å². The molecule has 2 amide bonds. The Kier molecular flexibility index (Phi) is 8.42. The molecule has 1 aromatic rings. The summed E-state index contributed by atoms with van der Waals surface area (Å²) in [6.45, 7) is 6.44. The van der Waals surface area contributed by atoms with Gasteiger partial charge in [0.1, 0.15) is 6.04 Å². The molecule has 0 aliphatic carbocycles. The summed E-state index contributed by atoms with van der Waals surface area (Å²) in [7, 11) is 0. The maximum Gasteiger partial charge on any atom is 0.242 e. The van der Waals surface area contributed by atoms with Crippen molar-refractivity contribution in [3.8, 4) is 0 Å². The van der Waals surface area contributed by atoms with Crippen molar-refractivity contribution >= 4 is 35.0 Å². The lowest BCUT2D eigenvalue weighted by Crippen LogP contribution is -2.49. The number of hydrogen-bond acceptors (Lipinski definition) is 2. The Morgan fingerprint density at radius 2 is 1.78 bits per heavy atom. The molecule has 0 aromatic heterocycles. The fourth-order valence-corrected chi connectivity index (χ4v) is 2.94. The van der Waals surface area contributed by atoms with Crippen LogP contribution in [0.15, 0.2) is 18.2 Å². The Morgan fingerprint density at radius 1 is 1.17 bits per heavy atom. The van der Waals surface area contributed by atoms with E-state index < -0.39 is 6.04 Å². The smallest absolute Gasteiger partial charge is 0.242 e. The zero-order chi connectivity index (χ0) is 17.4. The van der Waals surface area contributed by atoms with E-state index in [-0.39, 0.29) is 18.4 Å². The van der Waals surface area contributed by atoms with E-state index in [1.54, 1.807) is 23.1 Å². The van der Waals surface area contributed by atoms with Gasteiger partial charge in [-0.1, -0.05) is 43.1 Å².